The minimum Gasteiger partial charge on any atom is -0.486 e. The van der Waals surface area contributed by atoms with Crippen LogP contribution in [0.1, 0.15) is 49.8 Å². The maximum absolute atomic E-state index is 6.09. The van der Waals surface area contributed by atoms with Gasteiger partial charge in [0.05, 0.1) is 12.1 Å². The molecule has 0 bridgehead atoms. The van der Waals surface area contributed by atoms with Gasteiger partial charge in [-0.2, -0.15) is 0 Å². The maximum atomic E-state index is 6.09. The zero-order valence-electron chi connectivity index (χ0n) is 12.1. The largest absolute Gasteiger partial charge is 0.486 e. The normalized spacial score (nSPS) is 21.2. The van der Waals surface area contributed by atoms with Crippen molar-refractivity contribution >= 4 is 11.3 Å². The highest BCUT2D eigenvalue weighted by atomic mass is 32.1. The van der Waals surface area contributed by atoms with Crippen molar-refractivity contribution in [3.8, 4) is 5.75 Å². The number of hydrogen-bond donors (Lipinski definition) is 1. The highest BCUT2D eigenvalue weighted by Crippen LogP contribution is 2.44. The van der Waals surface area contributed by atoms with Crippen LogP contribution in [-0.2, 0) is 0 Å². The molecule has 0 spiro atoms. The van der Waals surface area contributed by atoms with Crippen LogP contribution in [0.25, 0.3) is 0 Å². The molecule has 2 atom stereocenters. The molecule has 3 rings (SSSR count). The average molecular weight is 288 g/mol. The molecule has 0 saturated heterocycles. The van der Waals surface area contributed by atoms with Crippen molar-refractivity contribution in [3.63, 3.8) is 0 Å². The number of benzene rings is 1. The molecule has 1 N–H and O–H groups in total. The van der Waals surface area contributed by atoms with E-state index in [1.54, 1.807) is 11.3 Å². The molecule has 1 aliphatic rings. The Bertz CT molecular complexity index is 580. The first-order valence-electron chi connectivity index (χ1n) is 7.05. The Labute approximate surface area is 124 Å². The summed E-state index contributed by atoms with van der Waals surface area (Å²) in [6.45, 7) is 6.46. The zero-order valence-corrected chi connectivity index (χ0v) is 12.9. The Morgan fingerprint density at radius 3 is 2.90 bits per heavy atom. The van der Waals surface area contributed by atoms with Crippen molar-refractivity contribution in [3.05, 3.63) is 46.4 Å². The molecule has 4 heteroatoms. The lowest BCUT2D eigenvalue weighted by molar-refractivity contribution is 0.0905. The van der Waals surface area contributed by atoms with Crippen molar-refractivity contribution in [2.24, 2.45) is 0 Å². The van der Waals surface area contributed by atoms with Crippen molar-refractivity contribution in [2.75, 3.05) is 0 Å². The fourth-order valence-electron chi connectivity index (χ4n) is 2.79. The van der Waals surface area contributed by atoms with Crippen LogP contribution < -0.4 is 10.1 Å². The number of rotatable bonds is 4. The Hall–Kier alpha value is -1.39. The summed E-state index contributed by atoms with van der Waals surface area (Å²) in [5, 5.41) is 6.92. The number of ether oxygens (including phenoxy) is 1. The average Bonchev–Trinajstić information content (AvgIpc) is 3.01. The monoisotopic (exact) mass is 288 g/mol. The number of aromatic nitrogens is 1. The van der Waals surface area contributed by atoms with E-state index in [0.717, 1.165) is 17.2 Å². The summed E-state index contributed by atoms with van der Waals surface area (Å²) in [6, 6.07) is 8.75. The van der Waals surface area contributed by atoms with Crippen LogP contribution in [-0.4, -0.2) is 10.6 Å². The van der Waals surface area contributed by atoms with Gasteiger partial charge in [0.2, 0.25) is 0 Å². The maximum Gasteiger partial charge on any atom is 0.125 e. The van der Waals surface area contributed by atoms with Gasteiger partial charge in [0.25, 0.3) is 0 Å². The van der Waals surface area contributed by atoms with E-state index in [0.29, 0.717) is 0 Å². The first-order valence-corrected chi connectivity index (χ1v) is 7.93. The molecular formula is C16H20N2OS. The molecule has 0 amide bonds. The number of para-hydroxylation sites is 1. The molecule has 3 nitrogen and oxygen atoms in total. The lowest BCUT2D eigenvalue weighted by Crippen LogP contribution is -2.40. The van der Waals surface area contributed by atoms with Crippen LogP contribution in [0, 0.1) is 0 Å². The van der Waals surface area contributed by atoms with Gasteiger partial charge >= 0.3 is 0 Å². The van der Waals surface area contributed by atoms with E-state index in [1.165, 1.54) is 5.56 Å². The number of hydrogen-bond acceptors (Lipinski definition) is 4. The van der Waals surface area contributed by atoms with Crippen LogP contribution >= 0.6 is 11.3 Å². The van der Waals surface area contributed by atoms with E-state index in [2.05, 4.69) is 43.2 Å². The molecule has 1 aromatic heterocycles. The molecule has 2 heterocycles. The topological polar surface area (TPSA) is 34.1 Å². The van der Waals surface area contributed by atoms with E-state index < -0.39 is 0 Å². The third kappa shape index (κ3) is 2.34. The first-order chi connectivity index (χ1) is 9.62. The zero-order chi connectivity index (χ0) is 14.2. The summed E-state index contributed by atoms with van der Waals surface area (Å²) < 4.78 is 6.09. The van der Waals surface area contributed by atoms with Crippen LogP contribution in [0.2, 0.25) is 0 Å². The summed E-state index contributed by atoms with van der Waals surface area (Å²) in [7, 11) is 0. The van der Waals surface area contributed by atoms with Crippen LogP contribution in [0.3, 0.4) is 0 Å². The molecule has 0 fully saturated rings. The van der Waals surface area contributed by atoms with Gasteiger partial charge in [-0.1, -0.05) is 25.1 Å². The fourth-order valence-corrected chi connectivity index (χ4v) is 3.57. The highest BCUT2D eigenvalue weighted by molar-refractivity contribution is 7.09. The molecule has 1 aromatic carbocycles. The van der Waals surface area contributed by atoms with E-state index in [-0.39, 0.29) is 17.7 Å². The highest BCUT2D eigenvalue weighted by Gasteiger charge is 2.41. The molecular weight excluding hydrogens is 268 g/mol. The van der Waals surface area contributed by atoms with Crippen LogP contribution in [0.4, 0.5) is 0 Å². The Kier molecular flexibility index (Phi) is 3.52. The van der Waals surface area contributed by atoms with E-state index in [4.69, 9.17) is 4.74 Å². The van der Waals surface area contributed by atoms with Gasteiger partial charge in [-0.25, -0.2) is 4.98 Å². The Morgan fingerprint density at radius 1 is 1.40 bits per heavy atom. The summed E-state index contributed by atoms with van der Waals surface area (Å²) in [4.78, 5) is 4.45. The van der Waals surface area contributed by atoms with Crippen molar-refractivity contribution in [1.29, 1.82) is 0 Å². The van der Waals surface area contributed by atoms with Gasteiger partial charge in [-0.05, 0) is 26.3 Å². The third-order valence-corrected chi connectivity index (χ3v) is 4.71. The summed E-state index contributed by atoms with van der Waals surface area (Å²) >= 11 is 1.71. The second-order valence-electron chi connectivity index (χ2n) is 5.67. The minimum absolute atomic E-state index is 0.188. The lowest BCUT2D eigenvalue weighted by Gasteiger charge is -2.30. The predicted octanol–water partition coefficient (Wildman–Crippen LogP) is 4.10. The molecule has 0 radical (unpaired) electrons. The molecule has 0 aliphatic carbocycles. The van der Waals surface area contributed by atoms with Crippen molar-refractivity contribution < 1.29 is 4.74 Å². The first kappa shape index (κ1) is 13.6. The summed E-state index contributed by atoms with van der Waals surface area (Å²) in [5.41, 5.74) is 1.00. The Balaban J connectivity index is 1.89. The van der Waals surface area contributed by atoms with Gasteiger partial charge < -0.3 is 4.74 Å². The molecule has 0 saturated carbocycles. The van der Waals surface area contributed by atoms with E-state index >= 15 is 0 Å². The molecule has 2 unspecified atom stereocenters. The van der Waals surface area contributed by atoms with Gasteiger partial charge in [0.15, 0.2) is 0 Å². The van der Waals surface area contributed by atoms with Crippen LogP contribution in [0.5, 0.6) is 5.75 Å². The van der Waals surface area contributed by atoms with Crippen molar-refractivity contribution in [1.82, 2.24) is 10.3 Å². The molecule has 2 aromatic rings. The van der Waals surface area contributed by atoms with Gasteiger partial charge in [0.1, 0.15) is 16.4 Å². The lowest BCUT2D eigenvalue weighted by atomic mass is 9.93. The third-order valence-electron chi connectivity index (χ3n) is 3.82. The van der Waals surface area contributed by atoms with Crippen LogP contribution in [0.15, 0.2) is 35.8 Å². The smallest absolute Gasteiger partial charge is 0.125 e. The van der Waals surface area contributed by atoms with Crippen molar-refractivity contribution in [2.45, 2.75) is 44.9 Å². The second-order valence-corrected chi connectivity index (χ2v) is 6.60. The molecule has 1 aliphatic heterocycles. The number of fused-ring (bicyclic) bond motifs is 1. The van der Waals surface area contributed by atoms with E-state index in [1.807, 2.05) is 23.7 Å². The number of nitrogens with one attached hydrogen (secondary N) is 1. The van der Waals surface area contributed by atoms with Gasteiger partial charge in [-0.15, -0.1) is 11.3 Å². The van der Waals surface area contributed by atoms with Gasteiger partial charge in [-0.3, -0.25) is 5.32 Å². The quantitative estimate of drug-likeness (QED) is 0.920. The van der Waals surface area contributed by atoms with Gasteiger partial charge in [0, 0.05) is 17.1 Å². The fraction of sp³-hybridized carbons (Fsp3) is 0.438. The second kappa shape index (κ2) is 5.19. The Morgan fingerprint density at radius 2 is 2.20 bits per heavy atom. The summed E-state index contributed by atoms with van der Waals surface area (Å²) in [5.74, 6) is 0.990. The molecule has 106 valence electrons. The standard InChI is InChI=1S/C16H20N2OS/c1-4-12(15-17-9-10-20-15)18-14-11-7-5-6-8-13(11)19-16(14,2)3/h5-10,12,14,18H,4H2,1-3H3. The minimum atomic E-state index is -0.242. The summed E-state index contributed by atoms with van der Waals surface area (Å²) in [6.07, 6.45) is 2.89. The predicted molar refractivity (Wildman–Crippen MR) is 82.2 cm³/mol. The number of nitrogens with zero attached hydrogens (tertiary/aromatic N) is 1. The SMILES string of the molecule is CCC(NC1c2ccccc2OC1(C)C)c1nccs1. The number of thiazole rings is 1. The molecule has 20 heavy (non-hydrogen) atoms. The van der Waals surface area contributed by atoms with E-state index in [9.17, 15) is 0 Å².